The predicted octanol–water partition coefficient (Wildman–Crippen LogP) is 4.92. The molecule has 0 saturated carbocycles. The van der Waals surface area contributed by atoms with E-state index in [1.807, 2.05) is 69.3 Å². The van der Waals surface area contributed by atoms with E-state index in [1.54, 1.807) is 4.57 Å². The number of benzene rings is 2. The summed E-state index contributed by atoms with van der Waals surface area (Å²) < 4.78 is 7.10. The maximum absolute atomic E-state index is 13.4. The minimum atomic E-state index is -0.209. The monoisotopic (exact) mass is 420 g/mol. The van der Waals surface area contributed by atoms with Crippen molar-refractivity contribution in [2.75, 3.05) is 0 Å². The van der Waals surface area contributed by atoms with Crippen molar-refractivity contribution in [1.82, 2.24) is 19.7 Å². The lowest BCUT2D eigenvalue weighted by Crippen LogP contribution is -2.22. The van der Waals surface area contributed by atoms with Crippen LogP contribution in [0.15, 0.2) is 63.0 Å². The molecule has 7 heteroatoms. The third-order valence-electron chi connectivity index (χ3n) is 4.80. The van der Waals surface area contributed by atoms with Gasteiger partial charge >= 0.3 is 0 Å². The zero-order chi connectivity index (χ0) is 21.3. The Morgan fingerprint density at radius 2 is 1.77 bits per heavy atom. The van der Waals surface area contributed by atoms with Gasteiger partial charge in [0, 0.05) is 5.41 Å². The van der Waals surface area contributed by atoms with Crippen molar-refractivity contribution in [1.29, 1.82) is 0 Å². The Kier molecular flexibility index (Phi) is 5.47. The highest BCUT2D eigenvalue weighted by Gasteiger charge is 2.22. The molecule has 4 rings (SSSR count). The maximum atomic E-state index is 13.4. The van der Waals surface area contributed by atoms with Crippen LogP contribution in [0, 0.1) is 0 Å². The number of hydrogen-bond donors (Lipinski definition) is 0. The Hall–Kier alpha value is -2.93. The van der Waals surface area contributed by atoms with E-state index in [4.69, 9.17) is 9.51 Å². The van der Waals surface area contributed by atoms with Crippen molar-refractivity contribution in [3.63, 3.8) is 0 Å². The fourth-order valence-corrected chi connectivity index (χ4v) is 4.04. The van der Waals surface area contributed by atoms with Gasteiger partial charge in [-0.3, -0.25) is 9.36 Å². The molecule has 2 aromatic carbocycles. The largest absolute Gasteiger partial charge is 0.339 e. The zero-order valence-electron chi connectivity index (χ0n) is 17.5. The number of para-hydroxylation sites is 2. The molecule has 0 radical (unpaired) electrons. The molecular formula is C23H24N4O2S. The molecule has 2 aromatic heterocycles. The molecule has 0 unspecified atom stereocenters. The van der Waals surface area contributed by atoms with Crippen LogP contribution in [0.2, 0.25) is 0 Å². The van der Waals surface area contributed by atoms with Crippen LogP contribution in [0.3, 0.4) is 0 Å². The first kappa shape index (κ1) is 20.3. The van der Waals surface area contributed by atoms with E-state index in [-0.39, 0.29) is 11.0 Å². The van der Waals surface area contributed by atoms with Gasteiger partial charge in [-0.05, 0) is 30.2 Å². The van der Waals surface area contributed by atoms with Crippen LogP contribution < -0.4 is 5.56 Å². The molecule has 30 heavy (non-hydrogen) atoms. The summed E-state index contributed by atoms with van der Waals surface area (Å²) in [5, 5.41) is 5.31. The van der Waals surface area contributed by atoms with Crippen LogP contribution >= 0.6 is 11.8 Å². The minimum absolute atomic E-state index is 0.0764. The first-order valence-electron chi connectivity index (χ1n) is 9.94. The number of aryl methyl sites for hydroxylation is 1. The summed E-state index contributed by atoms with van der Waals surface area (Å²) in [5.41, 5.74) is 2.34. The summed E-state index contributed by atoms with van der Waals surface area (Å²) in [4.78, 5) is 22.7. The van der Waals surface area contributed by atoms with E-state index in [0.717, 1.165) is 17.7 Å². The Bertz CT molecular complexity index is 1250. The van der Waals surface area contributed by atoms with Gasteiger partial charge in [-0.15, -0.1) is 0 Å². The SMILES string of the molecule is CCc1ccccc1-n1c(SCc2noc(C(C)(C)C)n2)nc2ccccc2c1=O. The van der Waals surface area contributed by atoms with Crippen molar-refractivity contribution in [2.45, 2.75) is 50.4 Å². The molecule has 0 saturated heterocycles. The molecule has 0 aliphatic carbocycles. The van der Waals surface area contributed by atoms with Crippen LogP contribution in [0.4, 0.5) is 0 Å². The lowest BCUT2D eigenvalue weighted by molar-refractivity contribution is 0.319. The summed E-state index contributed by atoms with van der Waals surface area (Å²) in [5.74, 6) is 1.64. The highest BCUT2D eigenvalue weighted by atomic mass is 32.2. The van der Waals surface area contributed by atoms with Crippen molar-refractivity contribution in [2.24, 2.45) is 0 Å². The third-order valence-corrected chi connectivity index (χ3v) is 5.73. The van der Waals surface area contributed by atoms with Crippen LogP contribution in [-0.4, -0.2) is 19.7 Å². The quantitative estimate of drug-likeness (QED) is 0.337. The van der Waals surface area contributed by atoms with Crippen molar-refractivity contribution >= 4 is 22.7 Å². The number of thioether (sulfide) groups is 1. The third kappa shape index (κ3) is 3.89. The van der Waals surface area contributed by atoms with Crippen molar-refractivity contribution in [3.8, 4) is 5.69 Å². The molecular weight excluding hydrogens is 396 g/mol. The lowest BCUT2D eigenvalue weighted by Gasteiger charge is -2.15. The van der Waals surface area contributed by atoms with E-state index in [1.165, 1.54) is 11.8 Å². The molecule has 0 atom stereocenters. The molecule has 0 aliphatic heterocycles. The van der Waals surface area contributed by atoms with E-state index in [9.17, 15) is 4.79 Å². The predicted molar refractivity (Wildman–Crippen MR) is 119 cm³/mol. The lowest BCUT2D eigenvalue weighted by atomic mass is 9.97. The summed E-state index contributed by atoms with van der Waals surface area (Å²) >= 11 is 1.43. The fourth-order valence-electron chi connectivity index (χ4n) is 3.20. The number of rotatable bonds is 5. The highest BCUT2D eigenvalue weighted by Crippen LogP contribution is 2.27. The number of aromatic nitrogens is 4. The highest BCUT2D eigenvalue weighted by molar-refractivity contribution is 7.98. The molecule has 6 nitrogen and oxygen atoms in total. The molecule has 0 spiro atoms. The molecule has 0 amide bonds. The topological polar surface area (TPSA) is 73.8 Å². The molecule has 2 heterocycles. The van der Waals surface area contributed by atoms with E-state index in [0.29, 0.717) is 33.5 Å². The van der Waals surface area contributed by atoms with Gasteiger partial charge in [0.1, 0.15) is 0 Å². The van der Waals surface area contributed by atoms with Crippen molar-refractivity contribution < 1.29 is 4.52 Å². The first-order chi connectivity index (χ1) is 14.4. The van der Waals surface area contributed by atoms with E-state index < -0.39 is 0 Å². The fraction of sp³-hybridized carbons (Fsp3) is 0.304. The normalized spacial score (nSPS) is 11.9. The Morgan fingerprint density at radius 1 is 1.03 bits per heavy atom. The molecule has 0 fully saturated rings. The molecule has 0 aliphatic rings. The van der Waals surface area contributed by atoms with Crippen LogP contribution in [-0.2, 0) is 17.6 Å². The second kappa shape index (κ2) is 8.07. The Labute approximate surface area is 179 Å². The van der Waals surface area contributed by atoms with Gasteiger partial charge < -0.3 is 4.52 Å². The van der Waals surface area contributed by atoms with Gasteiger partial charge in [0.05, 0.1) is 22.3 Å². The number of nitrogens with zero attached hydrogens (tertiary/aromatic N) is 4. The van der Waals surface area contributed by atoms with Crippen LogP contribution in [0.5, 0.6) is 0 Å². The number of fused-ring (bicyclic) bond motifs is 1. The zero-order valence-corrected chi connectivity index (χ0v) is 18.4. The van der Waals surface area contributed by atoms with E-state index >= 15 is 0 Å². The molecule has 0 bridgehead atoms. The average Bonchev–Trinajstić information content (AvgIpc) is 3.22. The van der Waals surface area contributed by atoms with Gasteiger partial charge in [0.25, 0.3) is 5.56 Å². The summed E-state index contributed by atoms with van der Waals surface area (Å²) in [7, 11) is 0. The molecule has 154 valence electrons. The van der Waals surface area contributed by atoms with Gasteiger partial charge in [0.2, 0.25) is 5.89 Å². The standard InChI is InChI=1S/C23H24N4O2S/c1-5-15-10-6-9-13-18(15)27-20(28)16-11-7-8-12-17(16)24-22(27)30-14-19-25-21(29-26-19)23(2,3)4/h6-13H,5,14H2,1-4H3. The second-order valence-electron chi connectivity index (χ2n) is 8.09. The summed E-state index contributed by atoms with van der Waals surface area (Å²) in [6.45, 7) is 8.17. The average molecular weight is 421 g/mol. The summed E-state index contributed by atoms with van der Waals surface area (Å²) in [6.07, 6.45) is 0.819. The number of hydrogen-bond acceptors (Lipinski definition) is 6. The molecule has 4 aromatic rings. The Balaban J connectivity index is 1.80. The first-order valence-corrected chi connectivity index (χ1v) is 10.9. The van der Waals surface area contributed by atoms with E-state index in [2.05, 4.69) is 17.1 Å². The van der Waals surface area contributed by atoms with Gasteiger partial charge in [-0.1, -0.05) is 74.9 Å². The van der Waals surface area contributed by atoms with Gasteiger partial charge in [0.15, 0.2) is 11.0 Å². The smallest absolute Gasteiger partial charge is 0.266 e. The van der Waals surface area contributed by atoms with Gasteiger partial charge in [-0.2, -0.15) is 4.98 Å². The Morgan fingerprint density at radius 3 is 2.50 bits per heavy atom. The summed E-state index contributed by atoms with van der Waals surface area (Å²) in [6, 6.07) is 15.4. The second-order valence-corrected chi connectivity index (χ2v) is 9.03. The maximum Gasteiger partial charge on any atom is 0.266 e. The van der Waals surface area contributed by atoms with Crippen LogP contribution in [0.25, 0.3) is 16.6 Å². The van der Waals surface area contributed by atoms with Crippen LogP contribution in [0.1, 0.15) is 45.0 Å². The minimum Gasteiger partial charge on any atom is -0.339 e. The molecule has 0 N–H and O–H groups in total. The van der Waals surface area contributed by atoms with Gasteiger partial charge in [-0.25, -0.2) is 4.98 Å². The van der Waals surface area contributed by atoms with Crippen molar-refractivity contribution in [3.05, 3.63) is 76.2 Å².